The van der Waals surface area contributed by atoms with E-state index in [2.05, 4.69) is 27.9 Å². The minimum Gasteiger partial charge on any atom is -0.387 e. The number of hydrogen-bond donors (Lipinski definition) is 1. The van der Waals surface area contributed by atoms with Crippen LogP contribution in [0.3, 0.4) is 0 Å². The molecule has 3 aliphatic heterocycles. The molecular weight excluding hydrogens is 752 g/mol. The van der Waals surface area contributed by atoms with Crippen LogP contribution in [0.1, 0.15) is 153 Å². The van der Waals surface area contributed by atoms with Crippen molar-refractivity contribution in [2.24, 2.45) is 0 Å². The van der Waals surface area contributed by atoms with Crippen molar-refractivity contribution in [2.75, 3.05) is 38.1 Å². The molecule has 2 aromatic carbocycles. The molecule has 7 rings (SSSR count). The molecule has 12 heteroatoms. The number of anilines is 1. The van der Waals surface area contributed by atoms with Gasteiger partial charge in [0, 0.05) is 62.3 Å². The first-order chi connectivity index (χ1) is 28.1. The average molecular weight is 811 g/mol. The summed E-state index contributed by atoms with van der Waals surface area (Å²) in [6.45, 7) is 5.25. The number of fused-ring (bicyclic) bond motifs is 2. The van der Waals surface area contributed by atoms with Crippen LogP contribution in [0.15, 0.2) is 48.8 Å². The number of aromatic nitrogens is 2. The van der Waals surface area contributed by atoms with Crippen molar-refractivity contribution in [3.8, 4) is 0 Å². The zero-order valence-corrected chi connectivity index (χ0v) is 35.0. The van der Waals surface area contributed by atoms with Crippen LogP contribution in [0.25, 0.3) is 0 Å². The number of rotatable bonds is 17. The quantitative estimate of drug-likeness (QED) is 0.108. The maximum Gasteiger partial charge on any atom is 0.255 e. The number of carbonyl (C=O) groups excluding carboxylic acids is 4. The number of piperazine rings is 1. The summed E-state index contributed by atoms with van der Waals surface area (Å²) in [6, 6.07) is 13.1. The van der Waals surface area contributed by atoms with Gasteiger partial charge < -0.3 is 19.8 Å². The van der Waals surface area contributed by atoms with Gasteiger partial charge in [0.1, 0.15) is 18.2 Å². The molecule has 11 nitrogen and oxygen atoms in total. The van der Waals surface area contributed by atoms with Crippen molar-refractivity contribution in [3.05, 3.63) is 87.3 Å². The molecule has 1 aliphatic carbocycles. The molecule has 0 radical (unpaired) electrons. The molecule has 4 heterocycles. The largest absolute Gasteiger partial charge is 0.387 e. The molecule has 4 atom stereocenters. The molecule has 3 aromatic rings. The Kier molecular flexibility index (Phi) is 13.8. The number of amides is 4. The van der Waals surface area contributed by atoms with E-state index in [-0.39, 0.29) is 41.9 Å². The molecule has 0 saturated carbocycles. The molecule has 310 valence electrons. The van der Waals surface area contributed by atoms with E-state index in [0.29, 0.717) is 56.2 Å². The van der Waals surface area contributed by atoms with Gasteiger partial charge >= 0.3 is 0 Å². The maximum absolute atomic E-state index is 14.0. The Morgan fingerprint density at radius 1 is 0.879 bits per heavy atom. The van der Waals surface area contributed by atoms with Gasteiger partial charge in [-0.2, -0.15) is 0 Å². The third kappa shape index (κ3) is 9.26. The second-order valence-electron chi connectivity index (χ2n) is 16.9. The molecule has 4 aliphatic rings. The van der Waals surface area contributed by atoms with E-state index in [1.165, 1.54) is 56.0 Å². The zero-order valence-electron chi connectivity index (χ0n) is 34.2. The van der Waals surface area contributed by atoms with Crippen LogP contribution in [-0.2, 0) is 27.3 Å². The third-order valence-electron chi connectivity index (χ3n) is 13.0. The van der Waals surface area contributed by atoms with Gasteiger partial charge in [0.05, 0.1) is 17.7 Å². The van der Waals surface area contributed by atoms with E-state index < -0.39 is 12.1 Å². The highest BCUT2D eigenvalue weighted by Gasteiger charge is 2.42. The van der Waals surface area contributed by atoms with Gasteiger partial charge in [-0.1, -0.05) is 101 Å². The highest BCUT2D eigenvalue weighted by Crippen LogP contribution is 2.43. The van der Waals surface area contributed by atoms with Gasteiger partial charge in [-0.3, -0.25) is 24.1 Å². The van der Waals surface area contributed by atoms with Crippen LogP contribution in [0.5, 0.6) is 0 Å². The van der Waals surface area contributed by atoms with E-state index >= 15 is 0 Å². The second kappa shape index (κ2) is 19.1. The fourth-order valence-corrected chi connectivity index (χ4v) is 9.74. The first kappa shape index (κ1) is 41.8. The molecular formula is C46H59ClN6O5. The van der Waals surface area contributed by atoms with Gasteiger partial charge in [-0.25, -0.2) is 9.97 Å². The monoisotopic (exact) mass is 810 g/mol. The molecule has 0 bridgehead atoms. The number of halogens is 1. The van der Waals surface area contributed by atoms with Crippen LogP contribution in [0.4, 0.5) is 5.82 Å². The lowest BCUT2D eigenvalue weighted by Crippen LogP contribution is -2.53. The maximum atomic E-state index is 14.0. The molecule has 4 amide bonds. The first-order valence-electron chi connectivity index (χ1n) is 21.7. The van der Waals surface area contributed by atoms with Crippen molar-refractivity contribution in [1.82, 2.24) is 24.7 Å². The van der Waals surface area contributed by atoms with Crippen molar-refractivity contribution in [1.29, 1.82) is 0 Å². The number of likely N-dealkylation sites (tertiary alicyclic amines) is 1. The van der Waals surface area contributed by atoms with E-state index in [0.717, 1.165) is 66.7 Å². The summed E-state index contributed by atoms with van der Waals surface area (Å²) in [4.78, 5) is 68.2. The Morgan fingerprint density at radius 3 is 2.26 bits per heavy atom. The summed E-state index contributed by atoms with van der Waals surface area (Å²) in [5, 5.41) is 11.1. The third-order valence-corrected chi connectivity index (χ3v) is 13.3. The predicted octanol–water partition coefficient (Wildman–Crippen LogP) is 7.74. The fourth-order valence-electron chi connectivity index (χ4n) is 9.61. The topological polar surface area (TPSA) is 127 Å². The van der Waals surface area contributed by atoms with Crippen LogP contribution < -0.4 is 4.90 Å². The highest BCUT2D eigenvalue weighted by atomic mass is 35.5. The summed E-state index contributed by atoms with van der Waals surface area (Å²) in [6.07, 6.45) is 15.7. The Bertz CT molecular complexity index is 1950. The highest BCUT2D eigenvalue weighted by molar-refractivity contribution is 6.30. The van der Waals surface area contributed by atoms with E-state index in [9.17, 15) is 24.3 Å². The molecule has 1 N–H and O–H groups in total. The number of imide groups is 1. The van der Waals surface area contributed by atoms with E-state index in [1.807, 2.05) is 41.3 Å². The van der Waals surface area contributed by atoms with Crippen LogP contribution in [-0.4, -0.2) is 92.7 Å². The summed E-state index contributed by atoms with van der Waals surface area (Å²) < 4.78 is 0. The number of benzene rings is 2. The average Bonchev–Trinajstić information content (AvgIpc) is 3.73. The Labute approximate surface area is 348 Å². The zero-order chi connectivity index (χ0) is 40.8. The summed E-state index contributed by atoms with van der Waals surface area (Å²) in [7, 11) is 1.51. The lowest BCUT2D eigenvalue weighted by Gasteiger charge is -2.38. The number of aryl methyl sites for hydroxylation is 1. The number of aliphatic hydroxyl groups is 1. The van der Waals surface area contributed by atoms with Crippen LogP contribution >= 0.6 is 11.6 Å². The molecule has 2 saturated heterocycles. The summed E-state index contributed by atoms with van der Waals surface area (Å²) in [5.74, 6) is 0.548. The summed E-state index contributed by atoms with van der Waals surface area (Å²) >= 11 is 6.23. The lowest BCUT2D eigenvalue weighted by molar-refractivity contribution is -0.150. The van der Waals surface area contributed by atoms with Gasteiger partial charge in [0.25, 0.3) is 11.8 Å². The smallest absolute Gasteiger partial charge is 0.255 e. The number of aliphatic hydroxyl groups excluding tert-OH is 1. The fraction of sp³-hybridized carbons (Fsp3) is 0.565. The number of piperidine rings is 1. The molecule has 0 spiro atoms. The summed E-state index contributed by atoms with van der Waals surface area (Å²) in [5.41, 5.74) is 5.77. The number of carbonyl (C=O) groups is 4. The molecule has 1 unspecified atom stereocenters. The predicted molar refractivity (Wildman–Crippen MR) is 225 cm³/mol. The number of likely N-dealkylation sites (N-methyl/N-ethyl adjacent to an activating group) is 1. The number of nitrogens with zero attached hydrogens (tertiary/aromatic N) is 6. The molecule has 2 fully saturated rings. The van der Waals surface area contributed by atoms with E-state index in [1.54, 1.807) is 11.2 Å². The van der Waals surface area contributed by atoms with Crippen molar-refractivity contribution in [2.45, 2.75) is 134 Å². The minimum absolute atomic E-state index is 0.0987. The van der Waals surface area contributed by atoms with Crippen LogP contribution in [0, 0.1) is 0 Å². The van der Waals surface area contributed by atoms with Gasteiger partial charge in [-0.15, -0.1) is 0 Å². The number of unbranched alkanes of at least 4 members (excludes halogenated alkanes) is 9. The number of hydrogen-bond acceptors (Lipinski definition) is 8. The second-order valence-corrected chi connectivity index (χ2v) is 17.3. The Morgan fingerprint density at radius 2 is 1.55 bits per heavy atom. The first-order valence-corrected chi connectivity index (χ1v) is 22.0. The Hall–Kier alpha value is -4.35. The molecule has 1 aromatic heterocycles. The Balaban J connectivity index is 0.792. The van der Waals surface area contributed by atoms with E-state index in [4.69, 9.17) is 11.6 Å². The van der Waals surface area contributed by atoms with Crippen molar-refractivity contribution >= 4 is 41.0 Å². The van der Waals surface area contributed by atoms with Gasteiger partial charge in [0.15, 0.2) is 0 Å². The van der Waals surface area contributed by atoms with Crippen molar-refractivity contribution in [3.63, 3.8) is 0 Å². The van der Waals surface area contributed by atoms with Crippen molar-refractivity contribution < 1.29 is 24.3 Å². The normalized spacial score (nSPS) is 21.2. The van der Waals surface area contributed by atoms with Crippen LogP contribution in [0.2, 0.25) is 5.02 Å². The van der Waals surface area contributed by atoms with Gasteiger partial charge in [-0.05, 0) is 72.9 Å². The van der Waals surface area contributed by atoms with Gasteiger partial charge in [0.2, 0.25) is 11.8 Å². The standard InChI is InChI=1S/C46H59ClN6O5/c1-31-28-39(54)42-41(31)43(49-30-48-42)51-24-26-52(27-25-51)44(56)35(33-18-20-34(47)21-19-33)16-12-10-8-6-4-3-5-7-9-11-14-32-15-13-17-36-37(32)29-53(45(36)57)38-22-23-40(55)50(2)46(38)58/h13,15,17-21,30-31,35,38-39,54H,3-12,14,16,22-29H2,1-2H3/t31-,35-,38?,39-/m1/s1. The SMILES string of the molecule is C[C@@H]1C[C@@H](O)c2ncnc(N3CCN(C(=O)[C@H](CCCCCCCCCCCCc4cccc5c4CN(C4CCC(=O)N(C)C4=O)C5=O)c4ccc(Cl)cc4)CC3)c21. The minimum atomic E-state index is -0.566. The lowest BCUT2D eigenvalue weighted by atomic mass is 9.91. The molecule has 58 heavy (non-hydrogen) atoms.